The van der Waals surface area contributed by atoms with E-state index in [9.17, 15) is 0 Å². The quantitative estimate of drug-likeness (QED) is 0.750. The summed E-state index contributed by atoms with van der Waals surface area (Å²) in [5.74, 6) is 0.745. The fourth-order valence-corrected chi connectivity index (χ4v) is 3.39. The Bertz CT molecular complexity index is 384. The van der Waals surface area contributed by atoms with Gasteiger partial charge in [0.1, 0.15) is 5.01 Å². The number of nitrogens with one attached hydrogen (secondary N) is 1. The Hall–Kier alpha value is -0.410. The minimum absolute atomic E-state index is 0.0448. The van der Waals surface area contributed by atoms with Crippen molar-refractivity contribution in [2.24, 2.45) is 5.92 Å². The Morgan fingerprint density at radius 3 is 2.47 bits per heavy atom. The molecule has 0 aliphatic rings. The summed E-state index contributed by atoms with van der Waals surface area (Å²) >= 11 is 1.87. The van der Waals surface area contributed by atoms with Crippen molar-refractivity contribution in [3.63, 3.8) is 0 Å². The van der Waals surface area contributed by atoms with E-state index in [1.807, 2.05) is 11.3 Å². The predicted octanol–water partition coefficient (Wildman–Crippen LogP) is 4.66. The van der Waals surface area contributed by atoms with Gasteiger partial charge in [0.05, 0.1) is 11.2 Å². The van der Waals surface area contributed by atoms with Gasteiger partial charge in [-0.05, 0) is 52.0 Å². The summed E-state index contributed by atoms with van der Waals surface area (Å²) in [5, 5.41) is 5.00. The first-order chi connectivity index (χ1) is 8.92. The van der Waals surface area contributed by atoms with Crippen molar-refractivity contribution in [1.82, 2.24) is 10.3 Å². The van der Waals surface area contributed by atoms with Gasteiger partial charge in [0, 0.05) is 4.88 Å². The standard InChI is InChI=1S/C16H30N2S/c1-7-11-17-16(6,10-9-12(3)4)15-18-14(8-2)13(5)19-15/h12,17H,7-11H2,1-6H3. The molecule has 1 N–H and O–H groups in total. The van der Waals surface area contributed by atoms with Crippen molar-refractivity contribution in [3.8, 4) is 0 Å². The van der Waals surface area contributed by atoms with Crippen LogP contribution in [0.25, 0.3) is 0 Å². The number of hydrogen-bond acceptors (Lipinski definition) is 3. The second-order valence-electron chi connectivity index (χ2n) is 6.07. The van der Waals surface area contributed by atoms with Crippen molar-refractivity contribution < 1.29 is 0 Å². The van der Waals surface area contributed by atoms with Crippen molar-refractivity contribution in [2.75, 3.05) is 6.54 Å². The highest BCUT2D eigenvalue weighted by Crippen LogP contribution is 2.32. The lowest BCUT2D eigenvalue weighted by molar-refractivity contribution is 0.311. The molecule has 0 amide bonds. The number of hydrogen-bond donors (Lipinski definition) is 1. The van der Waals surface area contributed by atoms with Crippen LogP contribution in [-0.2, 0) is 12.0 Å². The van der Waals surface area contributed by atoms with Gasteiger partial charge in [-0.3, -0.25) is 0 Å². The van der Waals surface area contributed by atoms with Crippen LogP contribution in [0.2, 0.25) is 0 Å². The van der Waals surface area contributed by atoms with Crippen LogP contribution in [0.4, 0.5) is 0 Å². The summed E-state index contributed by atoms with van der Waals surface area (Å²) in [6, 6.07) is 0. The summed E-state index contributed by atoms with van der Waals surface area (Å²) < 4.78 is 0. The van der Waals surface area contributed by atoms with E-state index >= 15 is 0 Å². The molecule has 0 saturated heterocycles. The van der Waals surface area contributed by atoms with Gasteiger partial charge >= 0.3 is 0 Å². The molecular weight excluding hydrogens is 252 g/mol. The molecule has 1 heterocycles. The van der Waals surface area contributed by atoms with Crippen LogP contribution in [0, 0.1) is 12.8 Å². The molecule has 0 fully saturated rings. The van der Waals surface area contributed by atoms with Gasteiger partial charge in [-0.2, -0.15) is 0 Å². The van der Waals surface area contributed by atoms with E-state index in [1.165, 1.54) is 34.8 Å². The minimum Gasteiger partial charge on any atom is -0.306 e. The van der Waals surface area contributed by atoms with Crippen LogP contribution in [0.15, 0.2) is 0 Å². The molecule has 0 spiro atoms. The Labute approximate surface area is 123 Å². The van der Waals surface area contributed by atoms with Crippen LogP contribution in [-0.4, -0.2) is 11.5 Å². The second-order valence-corrected chi connectivity index (χ2v) is 7.27. The first-order valence-corrected chi connectivity index (χ1v) is 8.46. The highest BCUT2D eigenvalue weighted by atomic mass is 32.1. The van der Waals surface area contributed by atoms with Crippen molar-refractivity contribution in [3.05, 3.63) is 15.6 Å². The van der Waals surface area contributed by atoms with E-state index < -0.39 is 0 Å². The largest absolute Gasteiger partial charge is 0.306 e. The molecular formula is C16H30N2S. The number of aromatic nitrogens is 1. The van der Waals surface area contributed by atoms with E-state index in [0.717, 1.165) is 18.9 Å². The molecule has 1 rings (SSSR count). The van der Waals surface area contributed by atoms with Gasteiger partial charge in [0.2, 0.25) is 0 Å². The lowest BCUT2D eigenvalue weighted by Crippen LogP contribution is -2.40. The lowest BCUT2D eigenvalue weighted by Gasteiger charge is -2.29. The number of nitrogens with zero attached hydrogens (tertiary/aromatic N) is 1. The maximum Gasteiger partial charge on any atom is 0.113 e. The monoisotopic (exact) mass is 282 g/mol. The Balaban J connectivity index is 2.92. The van der Waals surface area contributed by atoms with Crippen LogP contribution in [0.3, 0.4) is 0 Å². The Morgan fingerprint density at radius 2 is 2.00 bits per heavy atom. The van der Waals surface area contributed by atoms with E-state index in [2.05, 4.69) is 46.9 Å². The lowest BCUT2D eigenvalue weighted by atomic mass is 9.92. The molecule has 1 aromatic rings. The molecule has 1 atom stereocenters. The average molecular weight is 282 g/mol. The predicted molar refractivity (Wildman–Crippen MR) is 85.9 cm³/mol. The van der Waals surface area contributed by atoms with Crippen molar-refractivity contribution in [2.45, 2.75) is 72.8 Å². The van der Waals surface area contributed by atoms with E-state index in [-0.39, 0.29) is 5.54 Å². The van der Waals surface area contributed by atoms with Crippen molar-refractivity contribution >= 4 is 11.3 Å². The third-order valence-corrected chi connectivity index (χ3v) is 4.96. The molecule has 0 aromatic carbocycles. The van der Waals surface area contributed by atoms with Crippen LogP contribution < -0.4 is 5.32 Å². The van der Waals surface area contributed by atoms with Gasteiger partial charge < -0.3 is 5.32 Å². The topological polar surface area (TPSA) is 24.9 Å². The number of aryl methyl sites for hydroxylation is 2. The molecule has 0 radical (unpaired) electrons. The molecule has 0 aliphatic carbocycles. The second kappa shape index (κ2) is 7.39. The average Bonchev–Trinajstić information content (AvgIpc) is 2.76. The minimum atomic E-state index is 0.0448. The van der Waals surface area contributed by atoms with E-state index in [4.69, 9.17) is 4.98 Å². The van der Waals surface area contributed by atoms with Gasteiger partial charge in [-0.1, -0.05) is 27.7 Å². The van der Waals surface area contributed by atoms with Crippen LogP contribution in [0.5, 0.6) is 0 Å². The van der Waals surface area contributed by atoms with E-state index in [0.29, 0.717) is 0 Å². The smallest absolute Gasteiger partial charge is 0.113 e. The van der Waals surface area contributed by atoms with Gasteiger partial charge in [0.25, 0.3) is 0 Å². The SMILES string of the molecule is CCCNC(C)(CCC(C)C)c1nc(CC)c(C)s1. The summed E-state index contributed by atoms with van der Waals surface area (Å²) in [6.45, 7) is 14.6. The van der Waals surface area contributed by atoms with Gasteiger partial charge in [-0.25, -0.2) is 4.98 Å². The zero-order valence-corrected chi connectivity index (χ0v) is 14.3. The summed E-state index contributed by atoms with van der Waals surface area (Å²) in [6.07, 6.45) is 4.62. The molecule has 3 heteroatoms. The fraction of sp³-hybridized carbons (Fsp3) is 0.812. The first-order valence-electron chi connectivity index (χ1n) is 7.64. The molecule has 110 valence electrons. The van der Waals surface area contributed by atoms with Crippen LogP contribution >= 0.6 is 11.3 Å². The third-order valence-electron chi connectivity index (χ3n) is 3.69. The molecule has 2 nitrogen and oxygen atoms in total. The molecule has 1 aromatic heterocycles. The normalized spacial score (nSPS) is 14.9. The first kappa shape index (κ1) is 16.6. The maximum atomic E-state index is 4.89. The highest BCUT2D eigenvalue weighted by Gasteiger charge is 2.29. The zero-order valence-electron chi connectivity index (χ0n) is 13.5. The van der Waals surface area contributed by atoms with Gasteiger partial charge in [-0.15, -0.1) is 11.3 Å². The molecule has 0 aliphatic heterocycles. The summed E-state index contributed by atoms with van der Waals surface area (Å²) in [5.41, 5.74) is 1.32. The molecule has 0 bridgehead atoms. The Kier molecular flexibility index (Phi) is 6.48. The Morgan fingerprint density at radius 1 is 1.32 bits per heavy atom. The number of thiazole rings is 1. The van der Waals surface area contributed by atoms with Crippen molar-refractivity contribution in [1.29, 1.82) is 0 Å². The third kappa shape index (κ3) is 4.57. The van der Waals surface area contributed by atoms with E-state index in [1.54, 1.807) is 0 Å². The summed E-state index contributed by atoms with van der Waals surface area (Å²) in [4.78, 5) is 6.27. The summed E-state index contributed by atoms with van der Waals surface area (Å²) in [7, 11) is 0. The molecule has 1 unspecified atom stereocenters. The highest BCUT2D eigenvalue weighted by molar-refractivity contribution is 7.11. The maximum absolute atomic E-state index is 4.89. The molecule has 0 saturated carbocycles. The zero-order chi connectivity index (χ0) is 14.5. The van der Waals surface area contributed by atoms with Crippen LogP contribution in [0.1, 0.15) is 69.5 Å². The van der Waals surface area contributed by atoms with Gasteiger partial charge in [0.15, 0.2) is 0 Å². The molecule has 19 heavy (non-hydrogen) atoms. The fourth-order valence-electron chi connectivity index (χ4n) is 2.24. The number of rotatable bonds is 8.